The molecule has 2 aromatic rings. The summed E-state index contributed by atoms with van der Waals surface area (Å²) >= 11 is 1.77. The van der Waals surface area contributed by atoms with Crippen molar-refractivity contribution in [1.29, 1.82) is 5.26 Å². The predicted octanol–water partition coefficient (Wildman–Crippen LogP) is 3.16. The molecule has 0 aliphatic heterocycles. The van der Waals surface area contributed by atoms with Crippen LogP contribution in [-0.4, -0.2) is 20.6 Å². The molecule has 0 aromatic heterocycles. The molecular weight excluding hydrogens is 436 g/mol. The smallest absolute Gasteiger partial charge is 0.208 e. The van der Waals surface area contributed by atoms with E-state index in [1.165, 1.54) is 20.1 Å². The molecule has 0 heterocycles. The number of aryl methyl sites for hydroxylation is 1. The first-order chi connectivity index (χ1) is 10.7. The minimum Gasteiger partial charge on any atom is -0.504 e. The molecule has 0 fully saturated rings. The van der Waals surface area contributed by atoms with Gasteiger partial charge in [-0.05, 0) is 53.3 Å². The predicted molar refractivity (Wildman–Crippen MR) is 88.7 cm³/mol. The lowest BCUT2D eigenvalue weighted by Crippen LogP contribution is -2.08. The number of nitrogens with zero attached hydrogens (tertiary/aromatic N) is 1. The van der Waals surface area contributed by atoms with Crippen LogP contribution in [0.4, 0.5) is 4.39 Å². The van der Waals surface area contributed by atoms with Gasteiger partial charge in [0.25, 0.3) is 0 Å². The first kappa shape index (κ1) is 17.5. The molecule has 0 unspecified atom stereocenters. The molecule has 5 nitrogen and oxygen atoms in total. The van der Waals surface area contributed by atoms with Gasteiger partial charge in [-0.2, -0.15) is 5.26 Å². The Morgan fingerprint density at radius 1 is 1.30 bits per heavy atom. The van der Waals surface area contributed by atoms with Gasteiger partial charge < -0.3 is 9.84 Å². The standard InChI is InChI=1S/C15H11FINO4S/c1-8-3-10(16)4-9(7-18)15(8)23(20,21)11-5-12(17)14(19)13(6-11)22-2/h3-6,19H,1-2H3. The van der Waals surface area contributed by atoms with Crippen LogP contribution in [0.5, 0.6) is 11.5 Å². The average molecular weight is 447 g/mol. The van der Waals surface area contributed by atoms with Crippen molar-refractivity contribution in [1.82, 2.24) is 0 Å². The number of halogens is 2. The van der Waals surface area contributed by atoms with E-state index in [2.05, 4.69) is 0 Å². The van der Waals surface area contributed by atoms with Crippen molar-refractivity contribution >= 4 is 32.4 Å². The molecule has 120 valence electrons. The van der Waals surface area contributed by atoms with E-state index in [1.807, 2.05) is 0 Å². The van der Waals surface area contributed by atoms with Crippen LogP contribution in [0.15, 0.2) is 34.1 Å². The number of hydrogen-bond acceptors (Lipinski definition) is 5. The van der Waals surface area contributed by atoms with Crippen LogP contribution in [0.3, 0.4) is 0 Å². The number of aromatic hydroxyl groups is 1. The fourth-order valence-corrected chi connectivity index (χ4v) is 4.61. The van der Waals surface area contributed by atoms with E-state index in [0.29, 0.717) is 0 Å². The number of phenolic OH excluding ortho intramolecular Hbond substituents is 1. The van der Waals surface area contributed by atoms with E-state index in [4.69, 9.17) is 10.00 Å². The van der Waals surface area contributed by atoms with Gasteiger partial charge in [-0.1, -0.05) is 0 Å². The molecule has 0 aliphatic carbocycles. The molecule has 2 rings (SSSR count). The lowest BCUT2D eigenvalue weighted by molar-refractivity contribution is 0.370. The molecule has 0 spiro atoms. The van der Waals surface area contributed by atoms with Gasteiger partial charge in [0.1, 0.15) is 11.9 Å². The highest BCUT2D eigenvalue weighted by molar-refractivity contribution is 14.1. The molecule has 0 saturated carbocycles. The fourth-order valence-electron chi connectivity index (χ4n) is 2.15. The summed E-state index contributed by atoms with van der Waals surface area (Å²) in [5, 5.41) is 19.0. The van der Waals surface area contributed by atoms with Crippen molar-refractivity contribution in [3.8, 4) is 17.6 Å². The average Bonchev–Trinajstić information content (AvgIpc) is 2.48. The van der Waals surface area contributed by atoms with E-state index >= 15 is 0 Å². The summed E-state index contributed by atoms with van der Waals surface area (Å²) in [6.07, 6.45) is 0. The summed E-state index contributed by atoms with van der Waals surface area (Å²) in [5.41, 5.74) is -0.145. The maximum absolute atomic E-state index is 13.4. The SMILES string of the molecule is COc1cc(S(=O)(=O)c2c(C)cc(F)cc2C#N)cc(I)c1O. The molecule has 0 atom stereocenters. The molecular formula is C15H11FINO4S. The highest BCUT2D eigenvalue weighted by Gasteiger charge is 2.26. The van der Waals surface area contributed by atoms with Crippen molar-refractivity contribution < 1.29 is 22.7 Å². The third-order valence-corrected chi connectivity index (χ3v) is 5.92. The van der Waals surface area contributed by atoms with Gasteiger partial charge in [-0.3, -0.25) is 0 Å². The largest absolute Gasteiger partial charge is 0.504 e. The van der Waals surface area contributed by atoms with Crippen LogP contribution in [-0.2, 0) is 9.84 Å². The molecule has 0 radical (unpaired) electrons. The third-order valence-electron chi connectivity index (χ3n) is 3.16. The normalized spacial score (nSPS) is 11.1. The quantitative estimate of drug-likeness (QED) is 0.577. The number of phenols is 1. The Kier molecular flexibility index (Phi) is 4.81. The van der Waals surface area contributed by atoms with E-state index < -0.39 is 15.7 Å². The zero-order chi connectivity index (χ0) is 17.4. The van der Waals surface area contributed by atoms with Crippen LogP contribution >= 0.6 is 22.6 Å². The van der Waals surface area contributed by atoms with E-state index in [0.717, 1.165) is 18.2 Å². The second-order valence-electron chi connectivity index (χ2n) is 4.67. The molecule has 2 aromatic carbocycles. The Morgan fingerprint density at radius 3 is 2.52 bits per heavy atom. The molecule has 1 N–H and O–H groups in total. The van der Waals surface area contributed by atoms with Gasteiger partial charge in [0.2, 0.25) is 9.84 Å². The molecule has 23 heavy (non-hydrogen) atoms. The highest BCUT2D eigenvalue weighted by Crippen LogP contribution is 2.37. The number of methoxy groups -OCH3 is 1. The fraction of sp³-hybridized carbons (Fsp3) is 0.133. The van der Waals surface area contributed by atoms with E-state index in [-0.39, 0.29) is 36.0 Å². The van der Waals surface area contributed by atoms with E-state index in [9.17, 15) is 17.9 Å². The number of benzene rings is 2. The lowest BCUT2D eigenvalue weighted by Gasteiger charge is -2.12. The van der Waals surface area contributed by atoms with Gasteiger partial charge in [-0.15, -0.1) is 0 Å². The first-order valence-corrected chi connectivity index (χ1v) is 8.80. The second kappa shape index (κ2) is 6.33. The molecule has 0 saturated heterocycles. The van der Waals surface area contributed by atoms with Gasteiger partial charge in [0.15, 0.2) is 11.5 Å². The lowest BCUT2D eigenvalue weighted by atomic mass is 10.1. The summed E-state index contributed by atoms with van der Waals surface area (Å²) < 4.78 is 44.4. The monoisotopic (exact) mass is 447 g/mol. The maximum atomic E-state index is 13.4. The molecule has 0 bridgehead atoms. The summed E-state index contributed by atoms with van der Waals surface area (Å²) in [7, 11) is -2.79. The molecule has 0 amide bonds. The van der Waals surface area contributed by atoms with Crippen molar-refractivity contribution in [3.63, 3.8) is 0 Å². The van der Waals surface area contributed by atoms with Crippen LogP contribution in [0.1, 0.15) is 11.1 Å². The Bertz CT molecular complexity index is 935. The van der Waals surface area contributed by atoms with Gasteiger partial charge in [-0.25, -0.2) is 12.8 Å². The van der Waals surface area contributed by atoms with Crippen LogP contribution in [0.2, 0.25) is 0 Å². The Balaban J connectivity index is 2.80. The third kappa shape index (κ3) is 3.11. The zero-order valence-corrected chi connectivity index (χ0v) is 15.1. The summed E-state index contributed by atoms with van der Waals surface area (Å²) in [6.45, 7) is 1.42. The number of hydrogen-bond donors (Lipinski definition) is 1. The summed E-state index contributed by atoms with van der Waals surface area (Å²) in [5.74, 6) is -0.868. The molecule has 0 aliphatic rings. The Hall–Kier alpha value is -1.86. The zero-order valence-electron chi connectivity index (χ0n) is 12.1. The summed E-state index contributed by atoms with van der Waals surface area (Å²) in [6, 6.07) is 6.06. The number of sulfone groups is 1. The van der Waals surface area contributed by atoms with Gasteiger partial charge >= 0.3 is 0 Å². The topological polar surface area (TPSA) is 87.4 Å². The van der Waals surface area contributed by atoms with E-state index in [1.54, 1.807) is 28.7 Å². The number of nitriles is 1. The maximum Gasteiger partial charge on any atom is 0.208 e. The summed E-state index contributed by atoms with van der Waals surface area (Å²) in [4.78, 5) is -0.410. The minimum absolute atomic E-state index is 0.00579. The van der Waals surface area contributed by atoms with Crippen molar-refractivity contribution in [2.45, 2.75) is 16.7 Å². The second-order valence-corrected chi connectivity index (χ2v) is 7.72. The van der Waals surface area contributed by atoms with Crippen LogP contribution < -0.4 is 4.74 Å². The van der Waals surface area contributed by atoms with Crippen molar-refractivity contribution in [2.24, 2.45) is 0 Å². The van der Waals surface area contributed by atoms with Gasteiger partial charge in [0.05, 0.1) is 26.0 Å². The van der Waals surface area contributed by atoms with Gasteiger partial charge in [0, 0.05) is 6.07 Å². The highest BCUT2D eigenvalue weighted by atomic mass is 127. The number of rotatable bonds is 3. The molecule has 8 heteroatoms. The van der Waals surface area contributed by atoms with Crippen molar-refractivity contribution in [2.75, 3.05) is 7.11 Å². The van der Waals surface area contributed by atoms with Crippen LogP contribution in [0, 0.1) is 27.6 Å². The Labute approximate surface area is 146 Å². The minimum atomic E-state index is -4.09. The van der Waals surface area contributed by atoms with Crippen molar-refractivity contribution in [3.05, 3.63) is 44.8 Å². The van der Waals surface area contributed by atoms with Crippen LogP contribution in [0.25, 0.3) is 0 Å². The first-order valence-electron chi connectivity index (χ1n) is 6.24. The number of ether oxygens (including phenoxy) is 1. The Morgan fingerprint density at radius 2 is 1.96 bits per heavy atom.